The first-order chi connectivity index (χ1) is 14.8. The van der Waals surface area contributed by atoms with Gasteiger partial charge in [-0.15, -0.1) is 0 Å². The Morgan fingerprint density at radius 2 is 1.42 bits per heavy atom. The topological polar surface area (TPSA) is 69.7 Å². The van der Waals surface area contributed by atoms with Crippen molar-refractivity contribution in [3.8, 4) is 0 Å². The number of hydrogen-bond donors (Lipinski definition) is 1. The van der Waals surface area contributed by atoms with Crippen molar-refractivity contribution >= 4 is 29.3 Å². The molecule has 1 aliphatic rings. The molecule has 0 aliphatic carbocycles. The monoisotopic (exact) mass is 441 g/mol. The normalized spacial score (nSPS) is 13.9. The number of carbonyl (C=O) groups excluding carboxylic acids is 3. The van der Waals surface area contributed by atoms with Crippen LogP contribution >= 0.6 is 11.6 Å². The van der Waals surface area contributed by atoms with Crippen LogP contribution in [0.5, 0.6) is 0 Å². The van der Waals surface area contributed by atoms with Crippen molar-refractivity contribution in [2.75, 3.05) is 32.7 Å². The molecule has 1 N–H and O–H groups in total. The Morgan fingerprint density at radius 3 is 2.00 bits per heavy atom. The Morgan fingerprint density at radius 1 is 0.871 bits per heavy atom. The van der Waals surface area contributed by atoms with Gasteiger partial charge in [0.05, 0.1) is 0 Å². The summed E-state index contributed by atoms with van der Waals surface area (Å²) in [5, 5.41) is 3.32. The van der Waals surface area contributed by atoms with E-state index in [2.05, 4.69) is 19.2 Å². The fraction of sp³-hybridized carbons (Fsp3) is 0.375. The van der Waals surface area contributed by atoms with Gasteiger partial charge in [0.25, 0.3) is 11.8 Å². The van der Waals surface area contributed by atoms with Gasteiger partial charge < -0.3 is 15.1 Å². The lowest BCUT2D eigenvalue weighted by molar-refractivity contribution is -0.132. The van der Waals surface area contributed by atoms with Crippen molar-refractivity contribution < 1.29 is 14.4 Å². The third-order valence-electron chi connectivity index (χ3n) is 5.47. The SMILES string of the molecule is CC(C)c1ccc(C(=O)N2CCN(C(=O)CCNC(=O)c3ccc(Cl)cc3)CC2)cc1. The zero-order valence-electron chi connectivity index (χ0n) is 17.9. The van der Waals surface area contributed by atoms with Gasteiger partial charge in [0.15, 0.2) is 0 Å². The van der Waals surface area contributed by atoms with Crippen LogP contribution in [-0.2, 0) is 4.79 Å². The first kappa shape index (κ1) is 22.8. The third kappa shape index (κ3) is 6.07. The van der Waals surface area contributed by atoms with Crippen LogP contribution in [0.25, 0.3) is 0 Å². The second kappa shape index (κ2) is 10.4. The molecule has 0 spiro atoms. The van der Waals surface area contributed by atoms with Crippen molar-refractivity contribution in [1.82, 2.24) is 15.1 Å². The molecule has 31 heavy (non-hydrogen) atoms. The molecule has 7 heteroatoms. The zero-order chi connectivity index (χ0) is 22.4. The Bertz CT molecular complexity index is 918. The maximum Gasteiger partial charge on any atom is 0.253 e. The average molecular weight is 442 g/mol. The molecule has 1 fully saturated rings. The second-order valence-corrected chi connectivity index (χ2v) is 8.40. The van der Waals surface area contributed by atoms with Crippen LogP contribution in [0.2, 0.25) is 5.02 Å². The largest absolute Gasteiger partial charge is 0.352 e. The highest BCUT2D eigenvalue weighted by molar-refractivity contribution is 6.30. The van der Waals surface area contributed by atoms with E-state index in [9.17, 15) is 14.4 Å². The number of carbonyl (C=O) groups is 3. The van der Waals surface area contributed by atoms with E-state index in [1.54, 1.807) is 34.1 Å². The van der Waals surface area contributed by atoms with Gasteiger partial charge in [-0.1, -0.05) is 37.6 Å². The maximum atomic E-state index is 12.7. The molecule has 1 heterocycles. The Balaban J connectivity index is 1.42. The molecule has 0 atom stereocenters. The Hall–Kier alpha value is -2.86. The molecular weight excluding hydrogens is 414 g/mol. The fourth-order valence-corrected chi connectivity index (χ4v) is 3.62. The minimum atomic E-state index is -0.233. The van der Waals surface area contributed by atoms with Gasteiger partial charge in [0.2, 0.25) is 5.91 Å². The number of halogens is 1. The van der Waals surface area contributed by atoms with Crippen LogP contribution in [0.15, 0.2) is 48.5 Å². The van der Waals surface area contributed by atoms with Gasteiger partial charge >= 0.3 is 0 Å². The van der Waals surface area contributed by atoms with Gasteiger partial charge in [0.1, 0.15) is 0 Å². The van der Waals surface area contributed by atoms with Gasteiger partial charge in [-0.3, -0.25) is 14.4 Å². The lowest BCUT2D eigenvalue weighted by Crippen LogP contribution is -2.51. The number of rotatable bonds is 6. The van der Waals surface area contributed by atoms with Crippen LogP contribution in [0.4, 0.5) is 0 Å². The van der Waals surface area contributed by atoms with E-state index >= 15 is 0 Å². The van der Waals surface area contributed by atoms with Crippen molar-refractivity contribution in [2.24, 2.45) is 0 Å². The van der Waals surface area contributed by atoms with E-state index in [1.165, 1.54) is 5.56 Å². The number of hydrogen-bond acceptors (Lipinski definition) is 3. The lowest BCUT2D eigenvalue weighted by Gasteiger charge is -2.35. The van der Waals surface area contributed by atoms with Crippen LogP contribution in [-0.4, -0.2) is 60.2 Å². The van der Waals surface area contributed by atoms with E-state index in [1.807, 2.05) is 24.3 Å². The summed E-state index contributed by atoms with van der Waals surface area (Å²) in [5.74, 6) is 0.167. The van der Waals surface area contributed by atoms with Gasteiger partial charge in [-0.25, -0.2) is 0 Å². The zero-order valence-corrected chi connectivity index (χ0v) is 18.7. The molecular formula is C24H28ClN3O3. The fourth-order valence-electron chi connectivity index (χ4n) is 3.50. The summed E-state index contributed by atoms with van der Waals surface area (Å²) < 4.78 is 0. The first-order valence-electron chi connectivity index (χ1n) is 10.6. The van der Waals surface area contributed by atoms with Crippen molar-refractivity contribution in [1.29, 1.82) is 0 Å². The summed E-state index contributed by atoms with van der Waals surface area (Å²) in [5.41, 5.74) is 2.38. The molecule has 3 rings (SSSR count). The first-order valence-corrected chi connectivity index (χ1v) is 10.9. The van der Waals surface area contributed by atoms with Crippen LogP contribution < -0.4 is 5.32 Å². The highest BCUT2D eigenvalue weighted by Gasteiger charge is 2.24. The predicted octanol–water partition coefficient (Wildman–Crippen LogP) is 3.57. The molecule has 0 radical (unpaired) electrons. The standard InChI is InChI=1S/C24H28ClN3O3/c1-17(2)18-3-5-20(6-4-18)24(31)28-15-13-27(14-16-28)22(29)11-12-26-23(30)19-7-9-21(25)10-8-19/h3-10,17H,11-16H2,1-2H3,(H,26,30). The van der Waals surface area contributed by atoms with Crippen LogP contribution in [0.3, 0.4) is 0 Å². The number of nitrogens with one attached hydrogen (secondary N) is 1. The third-order valence-corrected chi connectivity index (χ3v) is 5.73. The summed E-state index contributed by atoms with van der Waals surface area (Å²) in [4.78, 5) is 40.8. The molecule has 0 unspecified atom stereocenters. The maximum absolute atomic E-state index is 12.7. The van der Waals surface area contributed by atoms with Crippen molar-refractivity contribution in [3.05, 3.63) is 70.2 Å². The summed E-state index contributed by atoms with van der Waals surface area (Å²) in [7, 11) is 0. The molecule has 2 aromatic carbocycles. The van der Waals surface area contributed by atoms with Crippen molar-refractivity contribution in [3.63, 3.8) is 0 Å². The van der Waals surface area contributed by atoms with Crippen LogP contribution in [0.1, 0.15) is 52.5 Å². The van der Waals surface area contributed by atoms with Crippen LogP contribution in [0, 0.1) is 0 Å². The van der Waals surface area contributed by atoms with Gasteiger partial charge in [0, 0.05) is 55.3 Å². The summed E-state index contributed by atoms with van der Waals surface area (Å²) >= 11 is 5.82. The Labute approximate surface area is 188 Å². The van der Waals surface area contributed by atoms with Gasteiger partial charge in [-0.05, 0) is 47.9 Å². The van der Waals surface area contributed by atoms with Gasteiger partial charge in [-0.2, -0.15) is 0 Å². The van der Waals surface area contributed by atoms with E-state index in [-0.39, 0.29) is 30.7 Å². The molecule has 0 aromatic heterocycles. The number of piperazine rings is 1. The minimum Gasteiger partial charge on any atom is -0.352 e. The summed E-state index contributed by atoms with van der Waals surface area (Å²) in [6, 6.07) is 14.3. The molecule has 0 bridgehead atoms. The molecule has 6 nitrogen and oxygen atoms in total. The smallest absolute Gasteiger partial charge is 0.253 e. The average Bonchev–Trinajstić information content (AvgIpc) is 2.79. The highest BCUT2D eigenvalue weighted by Crippen LogP contribution is 2.16. The highest BCUT2D eigenvalue weighted by atomic mass is 35.5. The second-order valence-electron chi connectivity index (χ2n) is 7.96. The molecule has 3 amide bonds. The molecule has 0 saturated carbocycles. The number of amides is 3. The number of benzene rings is 2. The molecule has 1 aliphatic heterocycles. The molecule has 1 saturated heterocycles. The van der Waals surface area contributed by atoms with E-state index in [0.717, 1.165) is 0 Å². The molecule has 2 aromatic rings. The van der Waals surface area contributed by atoms with E-state index < -0.39 is 0 Å². The van der Waals surface area contributed by atoms with E-state index in [4.69, 9.17) is 11.6 Å². The lowest BCUT2D eigenvalue weighted by atomic mass is 10.0. The predicted molar refractivity (Wildman–Crippen MR) is 121 cm³/mol. The Kier molecular flexibility index (Phi) is 7.69. The quantitative estimate of drug-likeness (QED) is 0.745. The molecule has 164 valence electrons. The summed E-state index contributed by atoms with van der Waals surface area (Å²) in [6.45, 7) is 6.52. The van der Waals surface area contributed by atoms with Crippen molar-refractivity contribution in [2.45, 2.75) is 26.2 Å². The summed E-state index contributed by atoms with van der Waals surface area (Å²) in [6.07, 6.45) is 0.226. The van der Waals surface area contributed by atoms with E-state index in [0.29, 0.717) is 48.2 Å². The number of nitrogens with zero attached hydrogens (tertiary/aromatic N) is 2. The minimum absolute atomic E-state index is 0.00219.